The zero-order chi connectivity index (χ0) is 18.9. The van der Waals surface area contributed by atoms with E-state index in [1.165, 1.54) is 5.56 Å². The smallest absolute Gasteiger partial charge is 0.226 e. The number of hydrogen-bond acceptors (Lipinski definition) is 3. The van der Waals surface area contributed by atoms with Gasteiger partial charge in [0, 0.05) is 24.2 Å². The predicted octanol–water partition coefficient (Wildman–Crippen LogP) is 4.29. The SMILES string of the molecule is CN=C(NCCCc1ccc(Cl)cc1)NCc1coc(-c2ccccc2)n1. The zero-order valence-electron chi connectivity index (χ0n) is 15.3. The molecule has 3 aromatic rings. The van der Waals surface area contributed by atoms with E-state index in [2.05, 4.69) is 32.7 Å². The minimum Gasteiger partial charge on any atom is -0.444 e. The molecule has 0 saturated carbocycles. The molecule has 0 spiro atoms. The molecule has 2 N–H and O–H groups in total. The summed E-state index contributed by atoms with van der Waals surface area (Å²) in [6.45, 7) is 1.38. The number of rotatable bonds is 7. The number of aliphatic imine (C=N–C) groups is 1. The van der Waals surface area contributed by atoms with Crippen molar-refractivity contribution < 1.29 is 4.42 Å². The lowest BCUT2D eigenvalue weighted by atomic mass is 10.1. The van der Waals surface area contributed by atoms with Crippen LogP contribution in [-0.4, -0.2) is 24.5 Å². The van der Waals surface area contributed by atoms with Crippen molar-refractivity contribution in [3.05, 3.63) is 77.1 Å². The van der Waals surface area contributed by atoms with Crippen LogP contribution >= 0.6 is 11.6 Å². The van der Waals surface area contributed by atoms with Gasteiger partial charge in [0.2, 0.25) is 5.89 Å². The Bertz CT molecular complexity index is 859. The van der Waals surface area contributed by atoms with Crippen molar-refractivity contribution in [1.82, 2.24) is 15.6 Å². The summed E-state index contributed by atoms with van der Waals surface area (Å²) in [5.74, 6) is 1.37. The van der Waals surface area contributed by atoms with Crippen LogP contribution in [0.15, 0.2) is 70.3 Å². The fourth-order valence-electron chi connectivity index (χ4n) is 2.65. The third-order valence-corrected chi connectivity index (χ3v) is 4.33. The quantitative estimate of drug-likeness (QED) is 0.363. The van der Waals surface area contributed by atoms with Crippen LogP contribution in [0, 0.1) is 0 Å². The third kappa shape index (κ3) is 5.86. The Balaban J connectivity index is 1.41. The van der Waals surface area contributed by atoms with Gasteiger partial charge in [-0.1, -0.05) is 41.9 Å². The maximum atomic E-state index is 5.91. The molecule has 0 amide bonds. The molecule has 0 saturated heterocycles. The molecule has 27 heavy (non-hydrogen) atoms. The predicted molar refractivity (Wildman–Crippen MR) is 110 cm³/mol. The first kappa shape index (κ1) is 19.0. The summed E-state index contributed by atoms with van der Waals surface area (Å²) in [5, 5.41) is 7.34. The summed E-state index contributed by atoms with van der Waals surface area (Å²) in [6.07, 6.45) is 3.67. The van der Waals surface area contributed by atoms with E-state index in [0.717, 1.165) is 41.6 Å². The highest BCUT2D eigenvalue weighted by Crippen LogP contribution is 2.17. The summed E-state index contributed by atoms with van der Waals surface area (Å²) in [5.41, 5.74) is 3.08. The van der Waals surface area contributed by atoms with Gasteiger partial charge >= 0.3 is 0 Å². The van der Waals surface area contributed by atoms with E-state index in [0.29, 0.717) is 12.4 Å². The molecule has 3 rings (SSSR count). The van der Waals surface area contributed by atoms with Crippen molar-refractivity contribution in [3.8, 4) is 11.5 Å². The first-order valence-electron chi connectivity index (χ1n) is 8.93. The Hall–Kier alpha value is -2.79. The molecule has 5 nitrogen and oxygen atoms in total. The Morgan fingerprint density at radius 3 is 2.59 bits per heavy atom. The van der Waals surface area contributed by atoms with Gasteiger partial charge in [0.15, 0.2) is 5.96 Å². The second-order valence-corrected chi connectivity index (χ2v) is 6.53. The number of hydrogen-bond donors (Lipinski definition) is 2. The Kier molecular flexibility index (Phi) is 6.88. The summed E-state index contributed by atoms with van der Waals surface area (Å²) in [4.78, 5) is 8.75. The molecule has 6 heteroatoms. The van der Waals surface area contributed by atoms with Gasteiger partial charge in [0.1, 0.15) is 6.26 Å². The molecule has 0 aliphatic carbocycles. The average Bonchev–Trinajstić information content (AvgIpc) is 3.18. The van der Waals surface area contributed by atoms with Crippen LogP contribution in [0.5, 0.6) is 0 Å². The highest BCUT2D eigenvalue weighted by molar-refractivity contribution is 6.30. The summed E-state index contributed by atoms with van der Waals surface area (Å²) >= 11 is 5.91. The van der Waals surface area contributed by atoms with Crippen molar-refractivity contribution in [1.29, 1.82) is 0 Å². The molecule has 1 aromatic heterocycles. The lowest BCUT2D eigenvalue weighted by molar-refractivity contribution is 0.572. The normalized spacial score (nSPS) is 11.4. The molecule has 0 unspecified atom stereocenters. The molecule has 0 fully saturated rings. The van der Waals surface area contributed by atoms with E-state index in [1.54, 1.807) is 13.3 Å². The van der Waals surface area contributed by atoms with E-state index in [4.69, 9.17) is 16.0 Å². The van der Waals surface area contributed by atoms with Gasteiger partial charge in [0.05, 0.1) is 12.2 Å². The molecule has 140 valence electrons. The highest BCUT2D eigenvalue weighted by Gasteiger charge is 2.07. The van der Waals surface area contributed by atoms with Crippen LogP contribution < -0.4 is 10.6 Å². The number of oxazole rings is 1. The van der Waals surface area contributed by atoms with Crippen molar-refractivity contribution in [2.24, 2.45) is 4.99 Å². The molecule has 2 aromatic carbocycles. The summed E-state index contributed by atoms with van der Waals surface area (Å²) in [7, 11) is 1.76. The maximum absolute atomic E-state index is 5.91. The molecular weight excluding hydrogens is 360 g/mol. The van der Waals surface area contributed by atoms with E-state index in [9.17, 15) is 0 Å². The van der Waals surface area contributed by atoms with Crippen molar-refractivity contribution in [2.75, 3.05) is 13.6 Å². The molecular formula is C21H23ClN4O. The second-order valence-electron chi connectivity index (χ2n) is 6.09. The van der Waals surface area contributed by atoms with Crippen LogP contribution in [0.3, 0.4) is 0 Å². The Labute approximate surface area is 164 Å². The molecule has 0 aliphatic rings. The van der Waals surface area contributed by atoms with Gasteiger partial charge in [-0.05, 0) is 42.7 Å². The topological polar surface area (TPSA) is 62.5 Å². The molecule has 0 radical (unpaired) electrons. The number of nitrogens with one attached hydrogen (secondary N) is 2. The number of aryl methyl sites for hydroxylation is 1. The van der Waals surface area contributed by atoms with E-state index < -0.39 is 0 Å². The fourth-order valence-corrected chi connectivity index (χ4v) is 2.77. The van der Waals surface area contributed by atoms with Crippen molar-refractivity contribution in [3.63, 3.8) is 0 Å². The summed E-state index contributed by atoms with van der Waals surface area (Å²) in [6, 6.07) is 17.8. The van der Waals surface area contributed by atoms with Crippen molar-refractivity contribution >= 4 is 17.6 Å². The number of halogens is 1. The van der Waals surface area contributed by atoms with Gasteiger partial charge in [-0.15, -0.1) is 0 Å². The first-order chi connectivity index (χ1) is 13.2. The maximum Gasteiger partial charge on any atom is 0.226 e. The Morgan fingerprint density at radius 2 is 1.85 bits per heavy atom. The fraction of sp³-hybridized carbons (Fsp3) is 0.238. The largest absolute Gasteiger partial charge is 0.444 e. The minimum atomic E-state index is 0.549. The van der Waals surface area contributed by atoms with Gasteiger partial charge in [-0.3, -0.25) is 4.99 Å². The van der Waals surface area contributed by atoms with Crippen LogP contribution in [0.2, 0.25) is 5.02 Å². The minimum absolute atomic E-state index is 0.549. The van der Waals surface area contributed by atoms with Crippen molar-refractivity contribution in [2.45, 2.75) is 19.4 Å². The molecule has 0 atom stereocenters. The number of nitrogens with zero attached hydrogens (tertiary/aromatic N) is 2. The van der Waals surface area contributed by atoms with Crippen LogP contribution in [0.25, 0.3) is 11.5 Å². The third-order valence-electron chi connectivity index (χ3n) is 4.08. The van der Waals surface area contributed by atoms with Gasteiger partial charge in [-0.25, -0.2) is 4.98 Å². The van der Waals surface area contributed by atoms with E-state index >= 15 is 0 Å². The number of aromatic nitrogens is 1. The standard InChI is InChI=1S/C21H23ClN4O/c1-23-21(24-13-5-6-16-9-11-18(22)12-10-16)25-14-19-15-27-20(26-19)17-7-3-2-4-8-17/h2-4,7-12,15H,5-6,13-14H2,1H3,(H2,23,24,25). The van der Waals surface area contributed by atoms with Gasteiger partial charge in [0.25, 0.3) is 0 Å². The van der Waals surface area contributed by atoms with Crippen LogP contribution in [0.4, 0.5) is 0 Å². The van der Waals surface area contributed by atoms with Gasteiger partial charge in [-0.2, -0.15) is 0 Å². The first-order valence-corrected chi connectivity index (χ1v) is 9.31. The Morgan fingerprint density at radius 1 is 1.07 bits per heavy atom. The molecule has 0 aliphatic heterocycles. The average molecular weight is 383 g/mol. The second kappa shape index (κ2) is 9.78. The monoisotopic (exact) mass is 382 g/mol. The van der Waals surface area contributed by atoms with E-state index in [-0.39, 0.29) is 0 Å². The van der Waals surface area contributed by atoms with Gasteiger partial charge < -0.3 is 15.1 Å². The van der Waals surface area contributed by atoms with Crippen LogP contribution in [0.1, 0.15) is 17.7 Å². The highest BCUT2D eigenvalue weighted by atomic mass is 35.5. The lowest BCUT2D eigenvalue weighted by Crippen LogP contribution is -2.37. The number of guanidine groups is 1. The van der Waals surface area contributed by atoms with Crippen LogP contribution in [-0.2, 0) is 13.0 Å². The summed E-state index contributed by atoms with van der Waals surface area (Å²) < 4.78 is 5.55. The zero-order valence-corrected chi connectivity index (χ0v) is 16.0. The van der Waals surface area contributed by atoms with E-state index in [1.807, 2.05) is 42.5 Å². The molecule has 1 heterocycles. The molecule has 0 bridgehead atoms. The lowest BCUT2D eigenvalue weighted by Gasteiger charge is -2.10. The number of benzene rings is 2.